The maximum atomic E-state index is 4.30. The molecule has 0 aromatic heterocycles. The van der Waals surface area contributed by atoms with E-state index in [2.05, 4.69) is 291 Å². The van der Waals surface area contributed by atoms with Crippen LogP contribution in [-0.2, 0) is 5.41 Å². The predicted molar refractivity (Wildman–Crippen MR) is 386 cm³/mol. The van der Waals surface area contributed by atoms with Crippen LogP contribution in [0.2, 0.25) is 0 Å². The molecule has 442 valence electrons. The summed E-state index contributed by atoms with van der Waals surface area (Å²) in [4.78, 5) is 8.90. The number of para-hydroxylation sites is 1. The van der Waals surface area contributed by atoms with E-state index in [9.17, 15) is 0 Å². The van der Waals surface area contributed by atoms with Crippen LogP contribution in [-0.4, -0.2) is 22.7 Å². The van der Waals surface area contributed by atoms with Gasteiger partial charge >= 0.3 is 0 Å². The van der Waals surface area contributed by atoms with Gasteiger partial charge in [0, 0.05) is 63.0 Å². The third-order valence-corrected chi connectivity index (χ3v) is 16.9. The summed E-state index contributed by atoms with van der Waals surface area (Å²) in [6, 6.07) is 72.2. The van der Waals surface area contributed by atoms with Crippen LogP contribution in [0, 0.1) is 0 Å². The fourth-order valence-corrected chi connectivity index (χ4v) is 12.8. The standard InChI is InChI=1S/C57H40N2.C13H21N.C10H13N.2C2H6/c1-4-17-41(18-5-1)57(42-19-6-2-7-20-42)52-26-13-12-23-47(52)50-37-45(31-33-53(50)57)59(43-21-8-3-9-22-43)44-29-27-38(28-30-44)46-32-34-54-56-48(46)24-14-25-49(56)51-35-39-15-10-11-16-40(39)36-55(51)58-54;1-7-9-10-13(6)14(11(3)4)12(5)8-2;1-4-6-9(2)10(3)7-5-8-11-10;2*1-2/h1-6,8-19,21-37,58H,7,20H2;7-10,13H,1,3H2,2,4-6H3;4-8H,2H2,1,3H3;2*1-2H3/b;10-9-,12-8+;6-4-;;. The zero-order chi connectivity index (χ0) is 62.4. The molecule has 0 radical (unpaired) electrons. The number of nitrogens with one attached hydrogen (secondary N) is 1. The number of allylic oxidation sites excluding steroid dienone is 11. The first kappa shape index (κ1) is 62.8. The number of rotatable bonds is 13. The van der Waals surface area contributed by atoms with Crippen molar-refractivity contribution in [3.8, 4) is 33.4 Å². The van der Waals surface area contributed by atoms with Crippen molar-refractivity contribution in [2.75, 3.05) is 10.2 Å². The quantitative estimate of drug-likeness (QED) is 0.117. The Morgan fingerprint density at radius 2 is 1.27 bits per heavy atom. The van der Waals surface area contributed by atoms with E-state index in [0.717, 1.165) is 52.5 Å². The normalized spacial score (nSPS) is 16.6. The van der Waals surface area contributed by atoms with E-state index in [1.165, 1.54) is 82.9 Å². The molecule has 9 aromatic carbocycles. The molecule has 4 heteroatoms. The number of nitrogens with zero attached hydrogens (tertiary/aromatic N) is 3. The summed E-state index contributed by atoms with van der Waals surface area (Å²) in [5.41, 5.74) is 21.5. The minimum absolute atomic E-state index is 0.188. The largest absolute Gasteiger partial charge is 0.354 e. The fourth-order valence-electron chi connectivity index (χ4n) is 12.8. The smallest absolute Gasteiger partial charge is 0.101 e. The number of hydrogen-bond acceptors (Lipinski definition) is 4. The number of benzene rings is 9. The number of fused-ring (bicyclic) bond motifs is 6. The topological polar surface area (TPSA) is 30.9 Å². The van der Waals surface area contributed by atoms with Gasteiger partial charge < -0.3 is 15.1 Å². The second-order valence-electron chi connectivity index (χ2n) is 22.2. The highest BCUT2D eigenvalue weighted by molar-refractivity contribution is 6.16. The second-order valence-corrected chi connectivity index (χ2v) is 22.2. The van der Waals surface area contributed by atoms with Crippen molar-refractivity contribution >= 4 is 56.2 Å². The number of aliphatic imine (C=N–C) groups is 1. The number of anilines is 5. The lowest BCUT2D eigenvalue weighted by Crippen LogP contribution is -2.30. The summed E-state index contributed by atoms with van der Waals surface area (Å²) >= 11 is 0. The molecule has 0 saturated heterocycles. The summed E-state index contributed by atoms with van der Waals surface area (Å²) in [5.74, 6) is 0. The molecule has 13 rings (SSSR count). The minimum atomic E-state index is -0.347. The molecule has 0 bridgehead atoms. The molecule has 2 heterocycles. The Labute approximate surface area is 525 Å². The van der Waals surface area contributed by atoms with Crippen LogP contribution < -0.4 is 10.2 Å². The molecule has 0 fully saturated rings. The Bertz CT molecular complexity index is 4170. The van der Waals surface area contributed by atoms with Crippen molar-refractivity contribution in [2.24, 2.45) is 4.99 Å². The molecular weight excluding hydrogens is 1060 g/mol. The van der Waals surface area contributed by atoms with E-state index in [-0.39, 0.29) is 11.0 Å². The van der Waals surface area contributed by atoms with Gasteiger partial charge in [0.1, 0.15) is 5.54 Å². The van der Waals surface area contributed by atoms with Crippen molar-refractivity contribution < 1.29 is 0 Å². The number of hydrogen-bond donors (Lipinski definition) is 1. The van der Waals surface area contributed by atoms with Crippen LogP contribution in [0.1, 0.15) is 98.8 Å². The molecule has 88 heavy (non-hydrogen) atoms. The van der Waals surface area contributed by atoms with E-state index in [1.807, 2.05) is 79.0 Å². The van der Waals surface area contributed by atoms with Crippen LogP contribution >= 0.6 is 0 Å². The SMILES string of the molecule is C1=CCCC(C2(c3ccccc3)c3ccccc3-c3cc(N(c4ccccc4)c4ccc(-c5ccc6c7c(cccc57)-c5cc7ccccc7cc5N6)cc4)ccc32)=C1.C=C(/C=C\C)C1(C)C=CC=N1.C=C/C=C\C(C)N(C(=C)C)/C(C)=C/C.CC.CC. The van der Waals surface area contributed by atoms with Crippen LogP contribution in [0.25, 0.3) is 54.9 Å². The van der Waals surface area contributed by atoms with Gasteiger partial charge in [-0.1, -0.05) is 253 Å². The van der Waals surface area contributed by atoms with Crippen LogP contribution in [0.15, 0.2) is 308 Å². The maximum Gasteiger partial charge on any atom is 0.101 e. The zero-order valence-corrected chi connectivity index (χ0v) is 53.4. The van der Waals surface area contributed by atoms with Crippen molar-refractivity contribution in [2.45, 2.75) is 99.1 Å². The summed E-state index contributed by atoms with van der Waals surface area (Å²) in [6.07, 6.45) is 26.7. The van der Waals surface area contributed by atoms with Crippen molar-refractivity contribution in [3.05, 3.63) is 320 Å². The van der Waals surface area contributed by atoms with E-state index in [4.69, 9.17) is 0 Å². The van der Waals surface area contributed by atoms with E-state index >= 15 is 0 Å². The molecule has 0 amide bonds. The van der Waals surface area contributed by atoms with Crippen molar-refractivity contribution in [1.29, 1.82) is 0 Å². The molecule has 4 nitrogen and oxygen atoms in total. The summed E-state index contributed by atoms with van der Waals surface area (Å²) in [6.45, 7) is 31.9. The Hall–Kier alpha value is -9.77. The van der Waals surface area contributed by atoms with Gasteiger partial charge in [-0.3, -0.25) is 4.99 Å². The molecule has 0 saturated carbocycles. The van der Waals surface area contributed by atoms with E-state index in [1.54, 1.807) is 6.08 Å². The van der Waals surface area contributed by atoms with Gasteiger partial charge in [-0.25, -0.2) is 0 Å². The second kappa shape index (κ2) is 28.6. The fraction of sp³-hybridized carbons (Fsp3) is 0.179. The molecule has 2 aliphatic carbocycles. The van der Waals surface area contributed by atoms with Gasteiger partial charge in [0.25, 0.3) is 0 Å². The van der Waals surface area contributed by atoms with Crippen molar-refractivity contribution in [3.63, 3.8) is 0 Å². The predicted octanol–water partition coefficient (Wildman–Crippen LogP) is 23.9. The molecular formula is C84H86N4. The van der Waals surface area contributed by atoms with Gasteiger partial charge in [0.15, 0.2) is 0 Å². The van der Waals surface area contributed by atoms with Gasteiger partial charge in [0.05, 0.1) is 5.41 Å². The molecule has 2 aliphatic heterocycles. The van der Waals surface area contributed by atoms with Gasteiger partial charge in [-0.15, -0.1) is 0 Å². The highest BCUT2D eigenvalue weighted by atomic mass is 15.2. The Morgan fingerprint density at radius 1 is 0.625 bits per heavy atom. The Balaban J connectivity index is 0.000000265. The lowest BCUT2D eigenvalue weighted by molar-refractivity contribution is 0.384. The molecule has 1 N–H and O–H groups in total. The highest BCUT2D eigenvalue weighted by Crippen LogP contribution is 2.59. The summed E-state index contributed by atoms with van der Waals surface area (Å²) < 4.78 is 0. The van der Waals surface area contributed by atoms with Crippen LogP contribution in [0.4, 0.5) is 28.4 Å². The molecule has 3 unspecified atom stereocenters. The molecule has 0 spiro atoms. The van der Waals surface area contributed by atoms with E-state index < -0.39 is 0 Å². The third kappa shape index (κ3) is 12.4. The third-order valence-electron chi connectivity index (χ3n) is 16.9. The molecule has 9 aromatic rings. The Kier molecular flexibility index (Phi) is 20.4. The lowest BCUT2D eigenvalue weighted by atomic mass is 9.65. The van der Waals surface area contributed by atoms with Gasteiger partial charge in [0.2, 0.25) is 0 Å². The van der Waals surface area contributed by atoms with Crippen LogP contribution in [0.3, 0.4) is 0 Å². The average Bonchev–Trinajstić information content (AvgIpc) is 1.51. The molecule has 3 atom stereocenters. The minimum Gasteiger partial charge on any atom is -0.354 e. The van der Waals surface area contributed by atoms with Gasteiger partial charge in [-0.2, -0.15) is 0 Å². The first-order valence-corrected chi connectivity index (χ1v) is 31.4. The average molecular weight is 1150 g/mol. The lowest BCUT2D eigenvalue weighted by Gasteiger charge is -2.37. The van der Waals surface area contributed by atoms with Crippen molar-refractivity contribution in [1.82, 2.24) is 4.90 Å². The maximum absolute atomic E-state index is 4.30. The van der Waals surface area contributed by atoms with E-state index in [0.29, 0.717) is 6.04 Å². The van der Waals surface area contributed by atoms with Gasteiger partial charge in [-0.05, 0) is 181 Å². The van der Waals surface area contributed by atoms with Crippen LogP contribution in [0.5, 0.6) is 0 Å². The Morgan fingerprint density at radius 3 is 1.93 bits per heavy atom. The molecule has 4 aliphatic rings. The first-order valence-electron chi connectivity index (χ1n) is 31.4. The monoisotopic (exact) mass is 1150 g/mol. The zero-order valence-electron chi connectivity index (χ0n) is 53.4. The summed E-state index contributed by atoms with van der Waals surface area (Å²) in [7, 11) is 0. The first-order chi connectivity index (χ1) is 43.0. The summed E-state index contributed by atoms with van der Waals surface area (Å²) in [5, 5.41) is 8.80. The highest BCUT2D eigenvalue weighted by Gasteiger charge is 2.47.